The number of amides is 1. The van der Waals surface area contributed by atoms with Crippen molar-refractivity contribution >= 4 is 5.91 Å². The van der Waals surface area contributed by atoms with E-state index >= 15 is 0 Å². The molecule has 6 heteroatoms. The van der Waals surface area contributed by atoms with Crippen LogP contribution in [0, 0.1) is 19.8 Å². The summed E-state index contributed by atoms with van der Waals surface area (Å²) in [7, 11) is 0. The molecule has 1 aliphatic carbocycles. The molecule has 1 aromatic rings. The average molecular weight is 279 g/mol. The topological polar surface area (TPSA) is 85.8 Å². The fraction of sp³-hybridized carbons (Fsp3) is 0.786. The Morgan fingerprint density at radius 1 is 1.55 bits per heavy atom. The Kier molecular flexibility index (Phi) is 4.42. The normalized spacial score (nSPS) is 26.1. The summed E-state index contributed by atoms with van der Waals surface area (Å²) in [6, 6.07) is 0. The Morgan fingerprint density at radius 3 is 2.85 bits per heavy atom. The number of aromatic nitrogens is 3. The molecular weight excluding hydrogens is 254 g/mol. The zero-order valence-electron chi connectivity index (χ0n) is 12.6. The van der Waals surface area contributed by atoms with Gasteiger partial charge in [0.15, 0.2) is 0 Å². The van der Waals surface area contributed by atoms with Crippen LogP contribution < -0.4 is 11.1 Å². The minimum atomic E-state index is -0.529. The molecule has 2 atom stereocenters. The van der Waals surface area contributed by atoms with Crippen LogP contribution in [0.5, 0.6) is 0 Å². The van der Waals surface area contributed by atoms with Crippen molar-refractivity contribution in [2.24, 2.45) is 11.7 Å². The van der Waals surface area contributed by atoms with E-state index in [0.717, 1.165) is 50.4 Å². The van der Waals surface area contributed by atoms with E-state index in [0.29, 0.717) is 0 Å². The van der Waals surface area contributed by atoms with E-state index in [-0.39, 0.29) is 11.8 Å². The summed E-state index contributed by atoms with van der Waals surface area (Å²) in [5, 5.41) is 7.72. The number of nitrogens with two attached hydrogens (primary N) is 1. The highest BCUT2D eigenvalue weighted by Gasteiger charge is 2.46. The fourth-order valence-electron chi connectivity index (χ4n) is 3.48. The predicted octanol–water partition coefficient (Wildman–Crippen LogP) is 0.919. The van der Waals surface area contributed by atoms with Crippen LogP contribution in [0.25, 0.3) is 0 Å². The van der Waals surface area contributed by atoms with E-state index in [1.54, 1.807) is 0 Å². The lowest BCUT2D eigenvalue weighted by atomic mass is 9.83. The van der Waals surface area contributed by atoms with Gasteiger partial charge in [-0.25, -0.2) is 4.98 Å². The van der Waals surface area contributed by atoms with Gasteiger partial charge in [0.25, 0.3) is 0 Å². The minimum absolute atomic E-state index is 0.214. The summed E-state index contributed by atoms with van der Waals surface area (Å²) in [5.41, 5.74) is 5.15. The molecule has 3 N–H and O–H groups in total. The van der Waals surface area contributed by atoms with E-state index in [1.807, 2.05) is 25.5 Å². The molecule has 6 nitrogen and oxygen atoms in total. The fourth-order valence-corrected chi connectivity index (χ4v) is 3.48. The summed E-state index contributed by atoms with van der Waals surface area (Å²) in [4.78, 5) is 16.2. The quantitative estimate of drug-likeness (QED) is 0.810. The first-order valence-corrected chi connectivity index (χ1v) is 7.42. The molecule has 2 rings (SSSR count). The van der Waals surface area contributed by atoms with Gasteiger partial charge >= 0.3 is 0 Å². The second kappa shape index (κ2) is 5.91. The molecule has 0 spiro atoms. The molecule has 1 amide bonds. The lowest BCUT2D eigenvalue weighted by Crippen LogP contribution is -2.58. The standard InChI is InChI=1S/C14H25N5O/c1-4-16-14(13(15)20)8-5-6-12(14)7-9-19-11(3)17-10(2)18-19/h12,16H,4-9H2,1-3H3,(H2,15,20). The second-order valence-electron chi connectivity index (χ2n) is 5.67. The van der Waals surface area contributed by atoms with Crippen molar-refractivity contribution in [3.05, 3.63) is 11.6 Å². The minimum Gasteiger partial charge on any atom is -0.368 e. The third-order valence-corrected chi connectivity index (χ3v) is 4.40. The highest BCUT2D eigenvalue weighted by atomic mass is 16.1. The first-order valence-electron chi connectivity index (χ1n) is 7.42. The third-order valence-electron chi connectivity index (χ3n) is 4.40. The number of carbonyl (C=O) groups excluding carboxylic acids is 1. The van der Waals surface area contributed by atoms with E-state index in [9.17, 15) is 4.79 Å². The molecule has 0 radical (unpaired) electrons. The second-order valence-corrected chi connectivity index (χ2v) is 5.67. The van der Waals surface area contributed by atoms with Gasteiger partial charge in [-0.1, -0.05) is 13.3 Å². The maximum Gasteiger partial charge on any atom is 0.238 e. The zero-order chi connectivity index (χ0) is 14.8. The van der Waals surface area contributed by atoms with Crippen LogP contribution in [-0.4, -0.2) is 32.8 Å². The van der Waals surface area contributed by atoms with Crippen LogP contribution in [0.2, 0.25) is 0 Å². The van der Waals surface area contributed by atoms with Crippen LogP contribution in [0.1, 0.15) is 44.3 Å². The first-order chi connectivity index (χ1) is 9.49. The summed E-state index contributed by atoms with van der Waals surface area (Å²) in [5.74, 6) is 1.78. The molecular formula is C14H25N5O. The van der Waals surface area contributed by atoms with E-state index in [1.165, 1.54) is 0 Å². The molecule has 112 valence electrons. The van der Waals surface area contributed by atoms with Crippen molar-refractivity contribution in [2.45, 2.75) is 58.5 Å². The van der Waals surface area contributed by atoms with Crippen molar-refractivity contribution in [1.29, 1.82) is 0 Å². The average Bonchev–Trinajstić information content (AvgIpc) is 2.92. The lowest BCUT2D eigenvalue weighted by Gasteiger charge is -2.33. The van der Waals surface area contributed by atoms with Crippen LogP contribution >= 0.6 is 0 Å². The molecule has 0 aromatic carbocycles. The van der Waals surface area contributed by atoms with E-state index in [2.05, 4.69) is 15.4 Å². The largest absolute Gasteiger partial charge is 0.368 e. The number of hydrogen-bond acceptors (Lipinski definition) is 4. The molecule has 0 saturated heterocycles. The van der Waals surface area contributed by atoms with Gasteiger partial charge in [-0.2, -0.15) is 5.10 Å². The van der Waals surface area contributed by atoms with E-state index < -0.39 is 5.54 Å². The summed E-state index contributed by atoms with van der Waals surface area (Å²) < 4.78 is 1.92. The Balaban J connectivity index is 2.07. The van der Waals surface area contributed by atoms with Crippen LogP contribution in [0.15, 0.2) is 0 Å². The molecule has 0 bridgehead atoms. The third kappa shape index (κ3) is 2.70. The SMILES string of the molecule is CCNC1(C(N)=O)CCCC1CCn1nc(C)nc1C. The lowest BCUT2D eigenvalue weighted by molar-refractivity contribution is -0.126. The predicted molar refractivity (Wildman–Crippen MR) is 77.1 cm³/mol. The molecule has 1 aromatic heterocycles. The number of hydrogen-bond donors (Lipinski definition) is 2. The molecule has 2 unspecified atom stereocenters. The Bertz CT molecular complexity index is 484. The maximum atomic E-state index is 11.9. The van der Waals surface area contributed by atoms with Gasteiger partial charge < -0.3 is 11.1 Å². The van der Waals surface area contributed by atoms with Crippen molar-refractivity contribution in [2.75, 3.05) is 6.54 Å². The van der Waals surface area contributed by atoms with Crippen molar-refractivity contribution in [3.8, 4) is 0 Å². The van der Waals surface area contributed by atoms with Gasteiger partial charge in [-0.3, -0.25) is 9.48 Å². The number of rotatable bonds is 6. The number of primary amides is 1. The summed E-state index contributed by atoms with van der Waals surface area (Å²) in [6.07, 6.45) is 3.84. The molecule has 0 aliphatic heterocycles. The van der Waals surface area contributed by atoms with Crippen LogP contribution in [0.4, 0.5) is 0 Å². The van der Waals surface area contributed by atoms with Crippen molar-refractivity contribution in [3.63, 3.8) is 0 Å². The van der Waals surface area contributed by atoms with Gasteiger partial charge in [-0.05, 0) is 45.6 Å². The van der Waals surface area contributed by atoms with Crippen molar-refractivity contribution in [1.82, 2.24) is 20.1 Å². The zero-order valence-corrected chi connectivity index (χ0v) is 12.6. The van der Waals surface area contributed by atoms with Gasteiger partial charge in [-0.15, -0.1) is 0 Å². The van der Waals surface area contributed by atoms with Gasteiger partial charge in [0.1, 0.15) is 17.2 Å². The van der Waals surface area contributed by atoms with E-state index in [4.69, 9.17) is 5.73 Å². The highest BCUT2D eigenvalue weighted by Crippen LogP contribution is 2.38. The molecule has 1 saturated carbocycles. The Labute approximate surface area is 120 Å². The number of carbonyl (C=O) groups is 1. The number of aryl methyl sites for hydroxylation is 3. The monoisotopic (exact) mass is 279 g/mol. The maximum absolute atomic E-state index is 11.9. The molecule has 20 heavy (non-hydrogen) atoms. The Hall–Kier alpha value is -1.43. The van der Waals surface area contributed by atoms with Crippen LogP contribution in [0.3, 0.4) is 0 Å². The molecule has 1 heterocycles. The summed E-state index contributed by atoms with van der Waals surface area (Å²) >= 11 is 0. The first kappa shape index (κ1) is 15.0. The number of nitrogens with zero attached hydrogens (tertiary/aromatic N) is 3. The number of nitrogens with one attached hydrogen (secondary N) is 1. The highest BCUT2D eigenvalue weighted by molar-refractivity contribution is 5.85. The molecule has 1 fully saturated rings. The van der Waals surface area contributed by atoms with Gasteiger partial charge in [0.05, 0.1) is 0 Å². The van der Waals surface area contributed by atoms with Crippen LogP contribution in [-0.2, 0) is 11.3 Å². The summed E-state index contributed by atoms with van der Waals surface area (Å²) in [6.45, 7) is 7.43. The van der Waals surface area contributed by atoms with Crippen molar-refractivity contribution < 1.29 is 4.79 Å². The van der Waals surface area contributed by atoms with Gasteiger partial charge in [0.2, 0.25) is 5.91 Å². The Morgan fingerprint density at radius 2 is 2.30 bits per heavy atom. The van der Waals surface area contributed by atoms with Gasteiger partial charge in [0, 0.05) is 6.54 Å². The smallest absolute Gasteiger partial charge is 0.238 e. The molecule has 1 aliphatic rings. The number of likely N-dealkylation sites (N-methyl/N-ethyl adjacent to an activating group) is 1.